The Balaban J connectivity index is 1.84. The molecule has 0 unspecified atom stereocenters. The lowest BCUT2D eigenvalue weighted by Gasteiger charge is -2.10. The molecule has 0 fully saturated rings. The molecule has 0 radical (unpaired) electrons. The maximum Gasteiger partial charge on any atom is 0.420 e. The number of hydrogen-bond donors (Lipinski definition) is 0. The predicted molar refractivity (Wildman–Crippen MR) is 120 cm³/mol. The van der Waals surface area contributed by atoms with Gasteiger partial charge in [0.1, 0.15) is 6.61 Å². The molecule has 0 saturated carbocycles. The van der Waals surface area contributed by atoms with Gasteiger partial charge >= 0.3 is 11.8 Å². The molecule has 0 N–H and O–H groups in total. The number of imidazole rings is 1. The van der Waals surface area contributed by atoms with Gasteiger partial charge in [-0.05, 0) is 29.8 Å². The van der Waals surface area contributed by atoms with Crippen molar-refractivity contribution in [3.8, 4) is 17.1 Å². The highest BCUT2D eigenvalue weighted by molar-refractivity contribution is 6.42. The van der Waals surface area contributed by atoms with Crippen molar-refractivity contribution in [3.63, 3.8) is 0 Å². The molecule has 8 nitrogen and oxygen atoms in total. The fourth-order valence-electron chi connectivity index (χ4n) is 3.21. The summed E-state index contributed by atoms with van der Waals surface area (Å²) >= 11 is 12.3. The second-order valence-corrected chi connectivity index (χ2v) is 7.52. The Morgan fingerprint density at radius 1 is 1.09 bits per heavy atom. The Morgan fingerprint density at radius 2 is 1.81 bits per heavy atom. The average molecular weight is 472 g/mol. The number of hydrogen-bond acceptors (Lipinski definition) is 6. The lowest BCUT2D eigenvalue weighted by Crippen LogP contribution is -2.15. The number of benzene rings is 3. The fourth-order valence-corrected chi connectivity index (χ4v) is 3.52. The number of carbonyl (C=O) groups is 1. The summed E-state index contributed by atoms with van der Waals surface area (Å²) in [5.41, 5.74) is 1.58. The van der Waals surface area contributed by atoms with Crippen LogP contribution in [0.15, 0.2) is 60.7 Å². The van der Waals surface area contributed by atoms with E-state index in [0.29, 0.717) is 16.6 Å². The van der Waals surface area contributed by atoms with Gasteiger partial charge in [-0.2, -0.15) is 0 Å². The smallest absolute Gasteiger partial charge is 0.420 e. The van der Waals surface area contributed by atoms with Gasteiger partial charge in [0.25, 0.3) is 0 Å². The Kier molecular flexibility index (Phi) is 5.98. The summed E-state index contributed by atoms with van der Waals surface area (Å²) < 4.78 is 11.8. The number of methoxy groups -OCH3 is 1. The number of ether oxygens (including phenoxy) is 2. The van der Waals surface area contributed by atoms with Crippen molar-refractivity contribution in [2.45, 2.75) is 6.61 Å². The molecule has 0 spiro atoms. The molecule has 4 aromatic rings. The molecule has 1 heterocycles. The summed E-state index contributed by atoms with van der Waals surface area (Å²) in [6.45, 7) is 0.0306. The predicted octanol–water partition coefficient (Wildman–Crippen LogP) is 6.11. The highest BCUT2D eigenvalue weighted by atomic mass is 35.5. The van der Waals surface area contributed by atoms with Gasteiger partial charge in [-0.25, -0.2) is 14.3 Å². The minimum Gasteiger partial charge on any atom is -0.490 e. The highest BCUT2D eigenvalue weighted by Gasteiger charge is 2.24. The minimum atomic E-state index is -0.719. The normalized spacial score (nSPS) is 10.8. The van der Waals surface area contributed by atoms with Crippen molar-refractivity contribution in [2.24, 2.45) is 0 Å². The molecule has 32 heavy (non-hydrogen) atoms. The van der Waals surface area contributed by atoms with E-state index in [1.807, 2.05) is 30.3 Å². The zero-order chi connectivity index (χ0) is 22.8. The van der Waals surface area contributed by atoms with Crippen molar-refractivity contribution in [1.29, 1.82) is 0 Å². The molecule has 0 saturated heterocycles. The summed E-state index contributed by atoms with van der Waals surface area (Å²) in [5, 5.41) is 12.0. The zero-order valence-electron chi connectivity index (χ0n) is 16.6. The second kappa shape index (κ2) is 8.86. The van der Waals surface area contributed by atoms with E-state index in [9.17, 15) is 14.9 Å². The Labute approximate surface area is 192 Å². The van der Waals surface area contributed by atoms with Crippen LogP contribution in [-0.2, 0) is 11.3 Å². The van der Waals surface area contributed by atoms with Crippen LogP contribution < -0.4 is 4.74 Å². The fraction of sp³-hybridized carbons (Fsp3) is 0.0909. The summed E-state index contributed by atoms with van der Waals surface area (Å²) in [4.78, 5) is 28.5. The second-order valence-electron chi connectivity index (χ2n) is 6.71. The largest absolute Gasteiger partial charge is 0.490 e. The number of halogens is 2. The van der Waals surface area contributed by atoms with Crippen LogP contribution in [0.2, 0.25) is 10.0 Å². The third-order valence-corrected chi connectivity index (χ3v) is 5.44. The Bertz CT molecular complexity index is 1340. The van der Waals surface area contributed by atoms with Gasteiger partial charge in [0.05, 0.1) is 33.1 Å². The van der Waals surface area contributed by atoms with Crippen molar-refractivity contribution in [1.82, 2.24) is 9.55 Å². The number of nitro benzene ring substituents is 1. The van der Waals surface area contributed by atoms with Gasteiger partial charge in [0, 0.05) is 11.6 Å². The standard InChI is InChI=1S/C22H15Cl2N3O5/c1-31-20-8-7-14(9-19(20)27(29)30)21-25-17-10-15(23)16(24)11-18(17)26(21)22(28)32-12-13-5-3-2-4-6-13/h2-11H,12H2,1H3. The average Bonchev–Trinajstić information content (AvgIpc) is 3.16. The molecule has 0 amide bonds. The molecule has 0 atom stereocenters. The minimum absolute atomic E-state index is 0.0306. The first kappa shape index (κ1) is 21.6. The molecular weight excluding hydrogens is 457 g/mol. The van der Waals surface area contributed by atoms with E-state index in [2.05, 4.69) is 4.98 Å². The third kappa shape index (κ3) is 4.10. The molecule has 10 heteroatoms. The van der Waals surface area contributed by atoms with E-state index >= 15 is 0 Å². The van der Waals surface area contributed by atoms with E-state index in [4.69, 9.17) is 32.7 Å². The lowest BCUT2D eigenvalue weighted by molar-refractivity contribution is -0.385. The summed E-state index contributed by atoms with van der Waals surface area (Å²) in [6, 6.07) is 16.5. The molecule has 0 aliphatic rings. The Hall–Kier alpha value is -3.62. The van der Waals surface area contributed by atoms with Crippen LogP contribution in [0.3, 0.4) is 0 Å². The van der Waals surface area contributed by atoms with Gasteiger partial charge in [-0.1, -0.05) is 53.5 Å². The number of nitrogens with zero attached hydrogens (tertiary/aromatic N) is 3. The van der Waals surface area contributed by atoms with Gasteiger partial charge in [0.15, 0.2) is 11.6 Å². The molecular formula is C22H15Cl2N3O5. The van der Waals surface area contributed by atoms with Crippen LogP contribution in [0.4, 0.5) is 10.5 Å². The van der Waals surface area contributed by atoms with Crippen LogP contribution >= 0.6 is 23.2 Å². The molecule has 0 aliphatic heterocycles. The molecule has 162 valence electrons. The number of rotatable bonds is 5. The zero-order valence-corrected chi connectivity index (χ0v) is 18.1. The van der Waals surface area contributed by atoms with E-state index in [0.717, 1.165) is 5.56 Å². The third-order valence-electron chi connectivity index (χ3n) is 4.72. The van der Waals surface area contributed by atoms with E-state index in [1.165, 1.54) is 35.9 Å². The molecule has 4 rings (SSSR count). The number of carbonyl (C=O) groups excluding carboxylic acids is 1. The molecule has 1 aromatic heterocycles. The van der Waals surface area contributed by atoms with Crippen molar-refractivity contribution in [3.05, 3.63) is 86.4 Å². The van der Waals surface area contributed by atoms with E-state index in [-0.39, 0.29) is 33.9 Å². The number of fused-ring (bicyclic) bond motifs is 1. The van der Waals surface area contributed by atoms with Crippen molar-refractivity contribution < 1.29 is 19.2 Å². The first-order valence-corrected chi connectivity index (χ1v) is 10.1. The van der Waals surface area contributed by atoms with E-state index < -0.39 is 11.0 Å². The van der Waals surface area contributed by atoms with Crippen LogP contribution in [0.25, 0.3) is 22.4 Å². The first-order valence-electron chi connectivity index (χ1n) is 9.30. The van der Waals surface area contributed by atoms with Gasteiger partial charge in [-0.3, -0.25) is 10.1 Å². The molecule has 3 aromatic carbocycles. The first-order chi connectivity index (χ1) is 15.4. The summed E-state index contributed by atoms with van der Waals surface area (Å²) in [5.74, 6) is 0.223. The number of nitro groups is 1. The van der Waals surface area contributed by atoms with Gasteiger partial charge in [0.2, 0.25) is 0 Å². The maximum atomic E-state index is 13.1. The van der Waals surface area contributed by atoms with Crippen LogP contribution in [0.1, 0.15) is 5.56 Å². The van der Waals surface area contributed by atoms with Crippen LogP contribution in [0, 0.1) is 10.1 Å². The quantitative estimate of drug-likeness (QED) is 0.257. The number of aromatic nitrogens is 2. The molecule has 0 bridgehead atoms. The topological polar surface area (TPSA) is 96.5 Å². The van der Waals surface area contributed by atoms with Crippen molar-refractivity contribution >= 4 is 46.0 Å². The van der Waals surface area contributed by atoms with Crippen LogP contribution in [0.5, 0.6) is 5.75 Å². The summed E-state index contributed by atoms with van der Waals surface area (Å²) in [7, 11) is 1.34. The highest BCUT2D eigenvalue weighted by Crippen LogP contribution is 2.35. The Morgan fingerprint density at radius 3 is 2.50 bits per heavy atom. The van der Waals surface area contributed by atoms with Gasteiger partial charge in [-0.15, -0.1) is 0 Å². The van der Waals surface area contributed by atoms with Crippen LogP contribution in [-0.4, -0.2) is 27.7 Å². The SMILES string of the molecule is COc1ccc(-c2nc3cc(Cl)c(Cl)cc3n2C(=O)OCc2ccccc2)cc1[N+](=O)[O-]. The monoisotopic (exact) mass is 471 g/mol. The lowest BCUT2D eigenvalue weighted by atomic mass is 10.1. The summed E-state index contributed by atoms with van der Waals surface area (Å²) in [6.07, 6.45) is -0.719. The maximum absolute atomic E-state index is 13.1. The van der Waals surface area contributed by atoms with Gasteiger partial charge < -0.3 is 9.47 Å². The molecule has 0 aliphatic carbocycles. The van der Waals surface area contributed by atoms with Crippen molar-refractivity contribution in [2.75, 3.05) is 7.11 Å². The van der Waals surface area contributed by atoms with E-state index in [1.54, 1.807) is 6.07 Å².